The first-order chi connectivity index (χ1) is 5.88. The number of nitrogens with zero attached hydrogens (tertiary/aromatic N) is 1. The van der Waals surface area contributed by atoms with Gasteiger partial charge in [0.25, 0.3) is 0 Å². The van der Waals surface area contributed by atoms with Crippen LogP contribution in [0.25, 0.3) is 0 Å². The van der Waals surface area contributed by atoms with Crippen molar-refractivity contribution in [1.29, 1.82) is 0 Å². The zero-order valence-corrected chi connectivity index (χ0v) is 8.47. The van der Waals surface area contributed by atoms with Gasteiger partial charge in [0.2, 0.25) is 0 Å². The molecule has 0 aromatic heterocycles. The predicted octanol–water partition coefficient (Wildman–Crippen LogP) is 1.82. The average Bonchev–Trinajstić information content (AvgIpc) is 2.50. The minimum Gasteiger partial charge on any atom is -0.305 e. The minimum absolute atomic E-state index is 0.869. The van der Waals surface area contributed by atoms with Crippen molar-refractivity contribution >= 4 is 0 Å². The maximum Gasteiger partial charge on any atom is 0.0483 e. The molecule has 1 saturated heterocycles. The van der Waals surface area contributed by atoms with Gasteiger partial charge < -0.3 is 5.32 Å². The van der Waals surface area contributed by atoms with Gasteiger partial charge in [-0.1, -0.05) is 20.3 Å². The molecule has 1 aliphatic rings. The fraction of sp³-hybridized carbons (Fsp3) is 1.00. The smallest absolute Gasteiger partial charge is 0.0483 e. The van der Waals surface area contributed by atoms with E-state index in [-0.39, 0.29) is 0 Å². The average molecular weight is 170 g/mol. The van der Waals surface area contributed by atoms with Gasteiger partial charge in [-0.2, -0.15) is 0 Å². The zero-order valence-electron chi connectivity index (χ0n) is 8.47. The minimum atomic E-state index is 0.869. The fourth-order valence-corrected chi connectivity index (χ4v) is 2.02. The third-order valence-corrected chi connectivity index (χ3v) is 2.69. The van der Waals surface area contributed by atoms with Crippen molar-refractivity contribution < 1.29 is 0 Å². The molecule has 2 heteroatoms. The van der Waals surface area contributed by atoms with Crippen LogP contribution >= 0.6 is 0 Å². The monoisotopic (exact) mass is 170 g/mol. The van der Waals surface area contributed by atoms with Crippen LogP contribution < -0.4 is 5.32 Å². The van der Waals surface area contributed by atoms with Crippen molar-refractivity contribution in [3.05, 3.63) is 0 Å². The van der Waals surface area contributed by atoms with Crippen molar-refractivity contribution in [3.8, 4) is 0 Å². The van der Waals surface area contributed by atoms with E-state index in [4.69, 9.17) is 0 Å². The third kappa shape index (κ3) is 2.76. The number of nitrogens with one attached hydrogen (secondary N) is 1. The summed E-state index contributed by atoms with van der Waals surface area (Å²) in [4.78, 5) is 2.59. The Morgan fingerprint density at radius 1 is 1.42 bits per heavy atom. The Bertz CT molecular complexity index is 114. The molecule has 1 unspecified atom stereocenters. The van der Waals surface area contributed by atoms with Gasteiger partial charge in [0.15, 0.2) is 0 Å². The molecule has 0 aromatic rings. The number of hydrogen-bond acceptors (Lipinski definition) is 2. The molecule has 72 valence electrons. The van der Waals surface area contributed by atoms with E-state index < -0.39 is 0 Å². The first kappa shape index (κ1) is 10.0. The van der Waals surface area contributed by atoms with Crippen LogP contribution in [0.3, 0.4) is 0 Å². The molecule has 1 aliphatic heterocycles. The van der Waals surface area contributed by atoms with E-state index >= 15 is 0 Å². The molecule has 0 bridgehead atoms. The van der Waals surface area contributed by atoms with E-state index in [2.05, 4.69) is 24.1 Å². The Morgan fingerprint density at radius 2 is 2.25 bits per heavy atom. The number of rotatable bonds is 5. The van der Waals surface area contributed by atoms with Gasteiger partial charge >= 0.3 is 0 Å². The quantitative estimate of drug-likeness (QED) is 0.677. The molecule has 1 rings (SSSR count). The van der Waals surface area contributed by atoms with Crippen LogP contribution in [0.4, 0.5) is 0 Å². The highest BCUT2D eigenvalue weighted by Gasteiger charge is 2.22. The molecule has 1 N–H and O–H groups in total. The Morgan fingerprint density at radius 3 is 2.92 bits per heavy atom. The largest absolute Gasteiger partial charge is 0.305 e. The third-order valence-electron chi connectivity index (χ3n) is 2.69. The molecule has 2 nitrogen and oxygen atoms in total. The van der Waals surface area contributed by atoms with E-state index in [1.165, 1.54) is 32.2 Å². The molecular formula is C10H22N2. The van der Waals surface area contributed by atoms with Crippen molar-refractivity contribution in [1.82, 2.24) is 10.2 Å². The van der Waals surface area contributed by atoms with Crippen LogP contribution in [0.1, 0.15) is 39.5 Å². The topological polar surface area (TPSA) is 15.3 Å². The number of hydrogen-bond donors (Lipinski definition) is 1. The Labute approximate surface area is 76.3 Å². The number of likely N-dealkylation sites (tertiary alicyclic amines) is 1. The van der Waals surface area contributed by atoms with E-state index in [1.54, 1.807) is 0 Å². The summed E-state index contributed by atoms with van der Waals surface area (Å²) in [6.45, 7) is 7.95. The Hall–Kier alpha value is -0.0800. The van der Waals surface area contributed by atoms with E-state index in [0.29, 0.717) is 0 Å². The maximum absolute atomic E-state index is 3.40. The van der Waals surface area contributed by atoms with Crippen LogP contribution in [0.15, 0.2) is 0 Å². The van der Waals surface area contributed by atoms with Crippen LogP contribution in [-0.4, -0.2) is 30.7 Å². The van der Waals surface area contributed by atoms with Crippen LogP contribution in [0, 0.1) is 0 Å². The summed E-state index contributed by atoms with van der Waals surface area (Å²) in [5, 5.41) is 3.40. The molecule has 1 fully saturated rings. The molecular weight excluding hydrogens is 148 g/mol. The van der Waals surface area contributed by atoms with Crippen molar-refractivity contribution in [2.24, 2.45) is 0 Å². The van der Waals surface area contributed by atoms with Crippen molar-refractivity contribution in [2.75, 3.05) is 19.8 Å². The highest BCUT2D eigenvalue weighted by molar-refractivity contribution is 4.77. The molecule has 0 saturated carbocycles. The van der Waals surface area contributed by atoms with Gasteiger partial charge in [-0.25, -0.2) is 0 Å². The van der Waals surface area contributed by atoms with E-state index in [0.717, 1.165) is 19.3 Å². The first-order valence-corrected chi connectivity index (χ1v) is 5.33. The van der Waals surface area contributed by atoms with Gasteiger partial charge in [-0.3, -0.25) is 4.90 Å². The van der Waals surface area contributed by atoms with Gasteiger partial charge in [0, 0.05) is 12.7 Å². The lowest BCUT2D eigenvalue weighted by Gasteiger charge is -2.23. The highest BCUT2D eigenvalue weighted by Crippen LogP contribution is 2.19. The lowest BCUT2D eigenvalue weighted by Crippen LogP contribution is -2.37. The Kier molecular flexibility index (Phi) is 4.62. The summed E-state index contributed by atoms with van der Waals surface area (Å²) in [5.41, 5.74) is 0. The van der Waals surface area contributed by atoms with Gasteiger partial charge in [0.05, 0.1) is 0 Å². The van der Waals surface area contributed by atoms with E-state index in [9.17, 15) is 0 Å². The van der Waals surface area contributed by atoms with Gasteiger partial charge in [-0.15, -0.1) is 0 Å². The van der Waals surface area contributed by atoms with E-state index in [1.807, 2.05) is 0 Å². The van der Waals surface area contributed by atoms with Gasteiger partial charge in [-0.05, 0) is 32.4 Å². The molecule has 1 heterocycles. The van der Waals surface area contributed by atoms with Crippen molar-refractivity contribution in [2.45, 2.75) is 45.6 Å². The summed E-state index contributed by atoms with van der Waals surface area (Å²) in [7, 11) is 0. The van der Waals surface area contributed by atoms with Crippen LogP contribution in [0.2, 0.25) is 0 Å². The second-order valence-corrected chi connectivity index (χ2v) is 3.66. The molecule has 0 aliphatic carbocycles. The molecule has 0 spiro atoms. The standard InChI is InChI=1S/C10H22N2/c1-3-6-10-7-5-8-12(10)9-11-4-2/h10-11H,3-9H2,1-2H3. The summed E-state index contributed by atoms with van der Waals surface area (Å²) < 4.78 is 0. The summed E-state index contributed by atoms with van der Waals surface area (Å²) in [5.74, 6) is 0. The molecule has 0 aromatic carbocycles. The Balaban J connectivity index is 2.20. The fourth-order valence-electron chi connectivity index (χ4n) is 2.02. The van der Waals surface area contributed by atoms with Crippen LogP contribution in [-0.2, 0) is 0 Å². The first-order valence-electron chi connectivity index (χ1n) is 5.33. The summed E-state index contributed by atoms with van der Waals surface area (Å²) in [6, 6.07) is 0.869. The lowest BCUT2D eigenvalue weighted by atomic mass is 10.1. The predicted molar refractivity (Wildman–Crippen MR) is 53.2 cm³/mol. The molecule has 1 atom stereocenters. The summed E-state index contributed by atoms with van der Waals surface area (Å²) >= 11 is 0. The SMILES string of the molecule is CCCC1CCCN1CNCC. The molecule has 0 amide bonds. The van der Waals surface area contributed by atoms with Crippen molar-refractivity contribution in [3.63, 3.8) is 0 Å². The highest BCUT2D eigenvalue weighted by atomic mass is 15.3. The van der Waals surface area contributed by atoms with Crippen LogP contribution in [0.5, 0.6) is 0 Å². The normalized spacial score (nSPS) is 25.0. The molecule has 0 radical (unpaired) electrons. The molecule has 12 heavy (non-hydrogen) atoms. The second kappa shape index (κ2) is 5.55. The van der Waals surface area contributed by atoms with Gasteiger partial charge in [0.1, 0.15) is 0 Å². The lowest BCUT2D eigenvalue weighted by molar-refractivity contribution is 0.225. The zero-order chi connectivity index (χ0) is 8.81. The second-order valence-electron chi connectivity index (χ2n) is 3.66. The maximum atomic E-state index is 3.40. The summed E-state index contributed by atoms with van der Waals surface area (Å²) in [6.07, 6.45) is 5.52.